The normalized spacial score (nSPS) is 23.5. The first-order chi connectivity index (χ1) is 2.93. The van der Waals surface area contributed by atoms with Crippen LogP contribution < -0.4 is 0 Å². The zero-order valence-electron chi connectivity index (χ0n) is 4.20. The maximum absolute atomic E-state index is 2.41. The van der Waals surface area contributed by atoms with E-state index in [1.54, 1.807) is 12.8 Å². The number of rotatable bonds is 1. The molecule has 0 atom stereocenters. The van der Waals surface area contributed by atoms with E-state index in [9.17, 15) is 0 Å². The second kappa shape index (κ2) is 2.01. The summed E-state index contributed by atoms with van der Waals surface area (Å²) in [4.78, 5) is 0. The molecule has 0 bridgehead atoms. The fourth-order valence-electron chi connectivity index (χ4n) is 0.697. The van der Waals surface area contributed by atoms with Crippen molar-refractivity contribution >= 4 is 15.4 Å². The fourth-order valence-corrected chi connectivity index (χ4v) is 2.76. The minimum atomic E-state index is 0.524. The van der Waals surface area contributed by atoms with Crippen LogP contribution >= 0.6 is 0 Å². The van der Waals surface area contributed by atoms with Gasteiger partial charge in [0.25, 0.3) is 0 Å². The van der Waals surface area contributed by atoms with Crippen LogP contribution in [0.4, 0.5) is 0 Å². The molecule has 0 spiro atoms. The third kappa shape index (κ3) is 0.781. The third-order valence-electron chi connectivity index (χ3n) is 1.51. The molecule has 2 radical (unpaired) electrons. The quantitative estimate of drug-likeness (QED) is 0.490. The van der Waals surface area contributed by atoms with Gasteiger partial charge in [0.1, 0.15) is 0 Å². The van der Waals surface area contributed by atoms with Crippen LogP contribution in [-0.4, -0.2) is 15.4 Å². The van der Waals surface area contributed by atoms with Gasteiger partial charge in [-0.25, -0.2) is 0 Å². The van der Waals surface area contributed by atoms with Gasteiger partial charge in [-0.05, 0) is 0 Å². The molecule has 1 aliphatic carbocycles. The maximum atomic E-state index is 2.41. The van der Waals surface area contributed by atoms with Gasteiger partial charge >= 0.3 is 45.2 Å². The molecule has 0 aromatic rings. The van der Waals surface area contributed by atoms with Crippen LogP contribution in [0.25, 0.3) is 0 Å². The molecular formula is C5H10Ge. The van der Waals surface area contributed by atoms with Gasteiger partial charge in [0, 0.05) is 0 Å². The van der Waals surface area contributed by atoms with Crippen molar-refractivity contribution in [3.63, 3.8) is 0 Å². The Balaban J connectivity index is 2.01. The molecule has 1 rings (SSSR count). The van der Waals surface area contributed by atoms with Crippen LogP contribution in [0.5, 0.6) is 0 Å². The van der Waals surface area contributed by atoms with Gasteiger partial charge < -0.3 is 0 Å². The Labute approximate surface area is 45.8 Å². The third-order valence-corrected chi connectivity index (χ3v) is 4.44. The minimum absolute atomic E-state index is 0.524. The Kier molecular flexibility index (Phi) is 1.57. The monoisotopic (exact) mass is 144 g/mol. The zero-order valence-corrected chi connectivity index (χ0v) is 6.30. The Morgan fingerprint density at radius 1 is 1.50 bits per heavy atom. The molecule has 0 aromatic carbocycles. The van der Waals surface area contributed by atoms with Crippen molar-refractivity contribution in [3.8, 4) is 0 Å². The summed E-state index contributed by atoms with van der Waals surface area (Å²) in [5.74, 6) is 2.41. The van der Waals surface area contributed by atoms with E-state index in [0.717, 1.165) is 0 Å². The average molecular weight is 143 g/mol. The number of hydrogen-bond donors (Lipinski definition) is 0. The van der Waals surface area contributed by atoms with E-state index < -0.39 is 0 Å². The van der Waals surface area contributed by atoms with Crippen LogP contribution in [-0.2, 0) is 0 Å². The van der Waals surface area contributed by atoms with Gasteiger partial charge in [-0.15, -0.1) is 0 Å². The van der Waals surface area contributed by atoms with E-state index in [1.807, 2.05) is 0 Å². The summed E-state index contributed by atoms with van der Waals surface area (Å²) in [6, 6.07) is 0. The predicted octanol–water partition coefficient (Wildman–Crippen LogP) is 1.71. The van der Waals surface area contributed by atoms with Gasteiger partial charge in [-0.2, -0.15) is 0 Å². The summed E-state index contributed by atoms with van der Waals surface area (Å²) in [5, 5.41) is 0. The molecule has 1 fully saturated rings. The molecule has 0 amide bonds. The summed E-state index contributed by atoms with van der Waals surface area (Å²) in [6.07, 6.45) is 4.66. The van der Waals surface area contributed by atoms with Crippen molar-refractivity contribution in [2.45, 2.75) is 29.8 Å². The van der Waals surface area contributed by atoms with E-state index in [-0.39, 0.29) is 0 Å². The van der Waals surface area contributed by atoms with Crippen LogP contribution in [0.3, 0.4) is 0 Å². The average Bonchev–Trinajstić information content (AvgIpc) is 1.31. The second-order valence-electron chi connectivity index (χ2n) is 1.92. The summed E-state index contributed by atoms with van der Waals surface area (Å²) in [7, 11) is 0. The van der Waals surface area contributed by atoms with Gasteiger partial charge in [0.2, 0.25) is 0 Å². The molecule has 0 N–H and O–H groups in total. The van der Waals surface area contributed by atoms with Gasteiger partial charge in [-0.1, -0.05) is 0 Å². The standard InChI is InChI=1S/C5H10Ge/c1-6-5-3-2-4-5/h5H,2-4H2,1H3. The molecule has 1 saturated carbocycles. The van der Waals surface area contributed by atoms with E-state index in [0.29, 0.717) is 15.4 Å². The van der Waals surface area contributed by atoms with Gasteiger partial charge in [0.05, 0.1) is 0 Å². The first-order valence-electron chi connectivity index (χ1n) is 2.61. The molecule has 0 aliphatic heterocycles. The van der Waals surface area contributed by atoms with Crippen LogP contribution in [0.15, 0.2) is 0 Å². The van der Waals surface area contributed by atoms with Crippen LogP contribution in [0.2, 0.25) is 10.5 Å². The summed E-state index contributed by atoms with van der Waals surface area (Å²) in [5.41, 5.74) is 0. The van der Waals surface area contributed by atoms with E-state index in [4.69, 9.17) is 0 Å². The summed E-state index contributed by atoms with van der Waals surface area (Å²) < 4.78 is 1.24. The topological polar surface area (TPSA) is 0 Å². The van der Waals surface area contributed by atoms with Gasteiger partial charge in [0.15, 0.2) is 0 Å². The molecule has 0 aromatic heterocycles. The second-order valence-corrected chi connectivity index (χ2v) is 4.84. The summed E-state index contributed by atoms with van der Waals surface area (Å²) in [6.45, 7) is 0. The Hall–Kier alpha value is 0.543. The molecular weight excluding hydrogens is 133 g/mol. The molecule has 0 nitrogen and oxygen atoms in total. The Morgan fingerprint density at radius 2 is 2.17 bits per heavy atom. The van der Waals surface area contributed by atoms with Crippen molar-refractivity contribution < 1.29 is 0 Å². The van der Waals surface area contributed by atoms with Crippen LogP contribution in [0.1, 0.15) is 19.3 Å². The molecule has 34 valence electrons. The molecule has 0 saturated heterocycles. The van der Waals surface area contributed by atoms with Crippen LogP contribution in [0, 0.1) is 0 Å². The fraction of sp³-hybridized carbons (Fsp3) is 1.00. The first kappa shape index (κ1) is 4.70. The summed E-state index contributed by atoms with van der Waals surface area (Å²) >= 11 is 0.524. The molecule has 1 aliphatic rings. The van der Waals surface area contributed by atoms with Crippen molar-refractivity contribution in [1.82, 2.24) is 0 Å². The van der Waals surface area contributed by atoms with Gasteiger partial charge in [-0.3, -0.25) is 0 Å². The molecule has 1 heteroatoms. The van der Waals surface area contributed by atoms with Crippen molar-refractivity contribution in [2.24, 2.45) is 0 Å². The predicted molar refractivity (Wildman–Crippen MR) is 29.2 cm³/mol. The first-order valence-corrected chi connectivity index (χ1v) is 5.91. The molecule has 0 heterocycles. The molecule has 6 heavy (non-hydrogen) atoms. The van der Waals surface area contributed by atoms with E-state index in [1.165, 1.54) is 11.2 Å². The number of hydrogen-bond acceptors (Lipinski definition) is 0. The Bertz CT molecular complexity index is 36.4. The van der Waals surface area contributed by atoms with E-state index in [2.05, 4.69) is 5.76 Å². The van der Waals surface area contributed by atoms with Crippen molar-refractivity contribution in [2.75, 3.05) is 0 Å². The Morgan fingerprint density at radius 3 is 2.17 bits per heavy atom. The molecule has 0 unspecified atom stereocenters. The van der Waals surface area contributed by atoms with Crippen molar-refractivity contribution in [3.05, 3.63) is 0 Å². The zero-order chi connectivity index (χ0) is 4.41. The van der Waals surface area contributed by atoms with E-state index >= 15 is 0 Å². The van der Waals surface area contributed by atoms with Crippen molar-refractivity contribution in [1.29, 1.82) is 0 Å². The SMILES string of the molecule is [CH3][Ge][CH]1CCC1.